The Bertz CT molecular complexity index is 816. The minimum Gasteiger partial charge on any atom is -0.298 e. The number of anilines is 1. The first-order valence-electron chi connectivity index (χ1n) is 6.18. The number of carbonyl (C=O) groups is 1. The van der Waals surface area contributed by atoms with Crippen molar-refractivity contribution in [1.29, 1.82) is 0 Å². The van der Waals surface area contributed by atoms with Crippen LogP contribution in [-0.4, -0.2) is 17.1 Å². The third-order valence-electron chi connectivity index (χ3n) is 2.94. The zero-order valence-electron chi connectivity index (χ0n) is 11.1. The Morgan fingerprint density at radius 1 is 1.24 bits per heavy atom. The number of nitrogens with one attached hydrogen (secondary N) is 1. The molecule has 1 amide bonds. The van der Waals surface area contributed by atoms with Crippen LogP contribution in [0.15, 0.2) is 47.4 Å². The molecule has 1 aromatic heterocycles. The number of amides is 1. The molecule has 0 aliphatic heterocycles. The lowest BCUT2D eigenvalue weighted by Crippen LogP contribution is -2.13. The molecule has 21 heavy (non-hydrogen) atoms. The highest BCUT2D eigenvalue weighted by molar-refractivity contribution is 7.98. The Morgan fingerprint density at radius 3 is 2.81 bits per heavy atom. The number of benzene rings is 2. The SMILES string of the molecule is CSc1cccc2sc(NC(=O)c3ccccc3F)nc12. The van der Waals surface area contributed by atoms with Crippen molar-refractivity contribution in [2.45, 2.75) is 4.90 Å². The maximum Gasteiger partial charge on any atom is 0.260 e. The van der Waals surface area contributed by atoms with E-state index in [1.54, 1.807) is 23.9 Å². The van der Waals surface area contributed by atoms with Crippen molar-refractivity contribution in [2.24, 2.45) is 0 Å². The minimum atomic E-state index is -0.541. The molecule has 0 saturated heterocycles. The average Bonchev–Trinajstić information content (AvgIpc) is 2.89. The summed E-state index contributed by atoms with van der Waals surface area (Å²) in [5, 5.41) is 3.13. The third kappa shape index (κ3) is 2.77. The van der Waals surface area contributed by atoms with Gasteiger partial charge in [-0.05, 0) is 30.5 Å². The number of rotatable bonds is 3. The molecule has 1 heterocycles. The lowest BCUT2D eigenvalue weighted by atomic mass is 10.2. The van der Waals surface area contributed by atoms with Crippen molar-refractivity contribution in [3.05, 3.63) is 53.8 Å². The maximum absolute atomic E-state index is 13.6. The first-order chi connectivity index (χ1) is 10.2. The van der Waals surface area contributed by atoms with Crippen molar-refractivity contribution in [2.75, 3.05) is 11.6 Å². The van der Waals surface area contributed by atoms with Crippen LogP contribution in [0.4, 0.5) is 9.52 Å². The van der Waals surface area contributed by atoms with Crippen molar-refractivity contribution >= 4 is 44.4 Å². The van der Waals surface area contributed by atoms with Gasteiger partial charge in [-0.3, -0.25) is 10.1 Å². The summed E-state index contributed by atoms with van der Waals surface area (Å²) in [5.41, 5.74) is 0.876. The van der Waals surface area contributed by atoms with Crippen LogP contribution in [0.25, 0.3) is 10.2 Å². The van der Waals surface area contributed by atoms with Crippen LogP contribution in [0.3, 0.4) is 0 Å². The Kier molecular flexibility index (Phi) is 3.90. The van der Waals surface area contributed by atoms with Crippen LogP contribution in [0, 0.1) is 5.82 Å². The number of carbonyl (C=O) groups excluding carboxylic acids is 1. The Labute approximate surface area is 129 Å². The van der Waals surface area contributed by atoms with Gasteiger partial charge in [0.15, 0.2) is 5.13 Å². The lowest BCUT2D eigenvalue weighted by Gasteiger charge is -2.02. The van der Waals surface area contributed by atoms with Crippen LogP contribution < -0.4 is 5.32 Å². The Morgan fingerprint density at radius 2 is 2.05 bits per heavy atom. The fourth-order valence-corrected chi connectivity index (χ4v) is 3.47. The molecular formula is C15H11FN2OS2. The summed E-state index contributed by atoms with van der Waals surface area (Å²) in [5.74, 6) is -1.03. The first kappa shape index (κ1) is 14.0. The van der Waals surface area contributed by atoms with Gasteiger partial charge >= 0.3 is 0 Å². The molecule has 0 bridgehead atoms. The number of halogens is 1. The van der Waals surface area contributed by atoms with Gasteiger partial charge in [0.2, 0.25) is 0 Å². The van der Waals surface area contributed by atoms with E-state index in [4.69, 9.17) is 0 Å². The van der Waals surface area contributed by atoms with Crippen LogP contribution in [0.2, 0.25) is 0 Å². The molecule has 106 valence electrons. The van der Waals surface area contributed by atoms with E-state index < -0.39 is 11.7 Å². The molecule has 0 aliphatic rings. The van der Waals surface area contributed by atoms with Crippen LogP contribution in [0.1, 0.15) is 10.4 Å². The van der Waals surface area contributed by atoms with Crippen molar-refractivity contribution in [3.63, 3.8) is 0 Å². The number of fused-ring (bicyclic) bond motifs is 1. The second-order valence-electron chi connectivity index (χ2n) is 4.26. The number of para-hydroxylation sites is 1. The van der Waals surface area contributed by atoms with E-state index in [1.165, 1.54) is 23.5 Å². The zero-order chi connectivity index (χ0) is 14.8. The van der Waals surface area contributed by atoms with Gasteiger partial charge in [-0.25, -0.2) is 9.37 Å². The first-order valence-corrected chi connectivity index (χ1v) is 8.22. The van der Waals surface area contributed by atoms with Gasteiger partial charge in [-0.1, -0.05) is 29.5 Å². The molecule has 3 aromatic rings. The maximum atomic E-state index is 13.6. The number of thiazole rings is 1. The summed E-state index contributed by atoms with van der Waals surface area (Å²) in [6.07, 6.45) is 1.98. The standard InChI is InChI=1S/C15H11FN2OS2/c1-20-11-7-4-8-12-13(11)17-15(21-12)18-14(19)9-5-2-3-6-10(9)16/h2-8H,1H3,(H,17,18,19). The predicted octanol–water partition coefficient (Wildman–Crippen LogP) is 4.41. The second kappa shape index (κ2) is 5.83. The van der Waals surface area contributed by atoms with Gasteiger partial charge in [0.05, 0.1) is 15.8 Å². The van der Waals surface area contributed by atoms with E-state index >= 15 is 0 Å². The van der Waals surface area contributed by atoms with E-state index in [1.807, 2.05) is 24.5 Å². The average molecular weight is 318 g/mol. The minimum absolute atomic E-state index is 0.0156. The van der Waals surface area contributed by atoms with Crippen molar-refractivity contribution in [1.82, 2.24) is 4.98 Å². The molecule has 0 aliphatic carbocycles. The predicted molar refractivity (Wildman–Crippen MR) is 85.8 cm³/mol. The lowest BCUT2D eigenvalue weighted by molar-refractivity contribution is 0.102. The fraction of sp³-hybridized carbons (Fsp3) is 0.0667. The highest BCUT2D eigenvalue weighted by Gasteiger charge is 2.14. The van der Waals surface area contributed by atoms with Crippen molar-refractivity contribution in [3.8, 4) is 0 Å². The van der Waals surface area contributed by atoms with Gasteiger partial charge in [0.1, 0.15) is 5.82 Å². The van der Waals surface area contributed by atoms with E-state index in [-0.39, 0.29) is 5.56 Å². The molecule has 3 nitrogen and oxygen atoms in total. The Hall–Kier alpha value is -1.92. The topological polar surface area (TPSA) is 42.0 Å². The molecule has 0 atom stereocenters. The smallest absolute Gasteiger partial charge is 0.260 e. The van der Waals surface area contributed by atoms with E-state index in [0.29, 0.717) is 5.13 Å². The molecule has 6 heteroatoms. The van der Waals surface area contributed by atoms with Gasteiger partial charge in [-0.15, -0.1) is 11.8 Å². The van der Waals surface area contributed by atoms with E-state index in [2.05, 4.69) is 10.3 Å². The summed E-state index contributed by atoms with van der Waals surface area (Å²) < 4.78 is 14.6. The fourth-order valence-electron chi connectivity index (χ4n) is 1.95. The molecular weight excluding hydrogens is 307 g/mol. The zero-order valence-corrected chi connectivity index (χ0v) is 12.7. The number of hydrogen-bond donors (Lipinski definition) is 1. The summed E-state index contributed by atoms with van der Waals surface area (Å²) in [6, 6.07) is 11.8. The third-order valence-corrected chi connectivity index (χ3v) is 4.65. The van der Waals surface area contributed by atoms with Gasteiger partial charge in [0, 0.05) is 4.90 Å². The number of hydrogen-bond acceptors (Lipinski definition) is 4. The highest BCUT2D eigenvalue weighted by Crippen LogP contribution is 2.32. The molecule has 3 rings (SSSR count). The molecule has 0 saturated carbocycles. The number of nitrogens with zero attached hydrogens (tertiary/aromatic N) is 1. The van der Waals surface area contributed by atoms with E-state index in [0.717, 1.165) is 15.1 Å². The number of aromatic nitrogens is 1. The highest BCUT2D eigenvalue weighted by atomic mass is 32.2. The van der Waals surface area contributed by atoms with Gasteiger partial charge in [0.25, 0.3) is 5.91 Å². The van der Waals surface area contributed by atoms with Crippen LogP contribution in [0.5, 0.6) is 0 Å². The summed E-state index contributed by atoms with van der Waals surface area (Å²) in [7, 11) is 0. The Balaban J connectivity index is 1.92. The molecule has 0 spiro atoms. The largest absolute Gasteiger partial charge is 0.298 e. The van der Waals surface area contributed by atoms with Gasteiger partial charge < -0.3 is 0 Å². The summed E-state index contributed by atoms with van der Waals surface area (Å²) in [4.78, 5) is 17.5. The van der Waals surface area contributed by atoms with Crippen LogP contribution in [-0.2, 0) is 0 Å². The molecule has 0 radical (unpaired) electrons. The summed E-state index contributed by atoms with van der Waals surface area (Å²) >= 11 is 2.98. The van der Waals surface area contributed by atoms with E-state index in [9.17, 15) is 9.18 Å². The molecule has 0 fully saturated rings. The quantitative estimate of drug-likeness (QED) is 0.727. The summed E-state index contributed by atoms with van der Waals surface area (Å²) in [6.45, 7) is 0. The van der Waals surface area contributed by atoms with Crippen LogP contribution >= 0.6 is 23.1 Å². The monoisotopic (exact) mass is 318 g/mol. The molecule has 0 unspecified atom stereocenters. The normalized spacial score (nSPS) is 10.8. The second-order valence-corrected chi connectivity index (χ2v) is 6.14. The molecule has 1 N–H and O–H groups in total. The van der Waals surface area contributed by atoms with Gasteiger partial charge in [-0.2, -0.15) is 0 Å². The number of thioether (sulfide) groups is 1. The molecule has 2 aromatic carbocycles. The van der Waals surface area contributed by atoms with Crippen molar-refractivity contribution < 1.29 is 9.18 Å².